The van der Waals surface area contributed by atoms with E-state index in [1.54, 1.807) is 6.20 Å². The monoisotopic (exact) mass is 621 g/mol. The van der Waals surface area contributed by atoms with Crippen molar-refractivity contribution in [2.45, 2.75) is 0 Å². The zero-order valence-electron chi connectivity index (χ0n) is 26.4. The zero-order valence-corrected chi connectivity index (χ0v) is 26.4. The van der Waals surface area contributed by atoms with E-state index in [-0.39, 0.29) is 0 Å². The van der Waals surface area contributed by atoms with Crippen LogP contribution in [0.25, 0.3) is 104 Å². The van der Waals surface area contributed by atoms with E-state index in [9.17, 15) is 0 Å². The van der Waals surface area contributed by atoms with Crippen molar-refractivity contribution in [3.63, 3.8) is 0 Å². The molecule has 0 fully saturated rings. The van der Waals surface area contributed by atoms with Crippen LogP contribution in [0.5, 0.6) is 0 Å². The Kier molecular flexibility index (Phi) is 5.38. The van der Waals surface area contributed by atoms with Crippen molar-refractivity contribution in [1.82, 2.24) is 14.4 Å². The second-order valence-electron chi connectivity index (χ2n) is 13.0. The van der Waals surface area contributed by atoms with Gasteiger partial charge < -0.3 is 0 Å². The molecular weight excluding hydrogens is 595 g/mol. The van der Waals surface area contributed by atoms with Gasteiger partial charge in [0.1, 0.15) is 0 Å². The second kappa shape index (κ2) is 9.96. The van der Waals surface area contributed by atoms with Crippen LogP contribution in [0.4, 0.5) is 0 Å². The molecule has 0 atom stereocenters. The van der Waals surface area contributed by atoms with Crippen LogP contribution < -0.4 is 0 Å². The van der Waals surface area contributed by atoms with Gasteiger partial charge in [0.05, 0.1) is 5.69 Å². The lowest BCUT2D eigenvalue weighted by atomic mass is 9.86. The van der Waals surface area contributed by atoms with Crippen molar-refractivity contribution in [2.24, 2.45) is 0 Å². The molecule has 0 N–H and O–H groups in total. The van der Waals surface area contributed by atoms with Gasteiger partial charge in [-0.1, -0.05) is 133 Å². The number of benzene rings is 8. The van der Waals surface area contributed by atoms with Gasteiger partial charge in [-0.15, -0.1) is 0 Å². The molecule has 0 saturated heterocycles. The molecule has 0 spiro atoms. The van der Waals surface area contributed by atoms with Gasteiger partial charge in [-0.2, -0.15) is 0 Å². The zero-order chi connectivity index (χ0) is 32.1. The summed E-state index contributed by atoms with van der Waals surface area (Å²) in [6.45, 7) is 0. The van der Waals surface area contributed by atoms with Gasteiger partial charge in [-0.3, -0.25) is 4.40 Å². The van der Waals surface area contributed by atoms with E-state index in [4.69, 9.17) is 4.98 Å². The van der Waals surface area contributed by atoms with Crippen molar-refractivity contribution in [3.05, 3.63) is 164 Å². The third-order valence-corrected chi connectivity index (χ3v) is 10.4. The molecule has 3 nitrogen and oxygen atoms in total. The normalized spacial score (nSPS) is 12.1. The van der Waals surface area contributed by atoms with Gasteiger partial charge >= 0.3 is 0 Å². The molecule has 2 heterocycles. The standard InChI is InChI=1S/C46H27N3/c1-2-13-32-31(12-1)34-18-7-10-28-20-21-29-11-8-19-35(44(29)43(28)34)33-23-22-30(26-40(32)33)42-36-14-3-5-16-38(36)45(39-17-6-4-15-37(39)42)41-27-49-25-9-24-47-46(49)48-41/h1-27H. The first-order valence-corrected chi connectivity index (χ1v) is 16.7. The number of rotatable bonds is 2. The summed E-state index contributed by atoms with van der Waals surface area (Å²) in [6, 6.07) is 53.6. The van der Waals surface area contributed by atoms with E-state index in [0.717, 1.165) is 11.3 Å². The Labute approximate surface area is 281 Å². The van der Waals surface area contributed by atoms with E-state index in [1.807, 2.05) is 16.7 Å². The highest BCUT2D eigenvalue weighted by Crippen LogP contribution is 2.45. The maximum Gasteiger partial charge on any atom is 0.234 e. The largest absolute Gasteiger partial charge is 0.291 e. The number of nitrogens with zero attached hydrogens (tertiary/aromatic N) is 3. The Bertz CT molecular complexity index is 3080. The predicted molar refractivity (Wildman–Crippen MR) is 206 cm³/mol. The van der Waals surface area contributed by atoms with Crippen LogP contribution in [-0.2, 0) is 0 Å². The number of imidazole rings is 1. The Morgan fingerprint density at radius 2 is 0.939 bits per heavy atom. The summed E-state index contributed by atoms with van der Waals surface area (Å²) >= 11 is 0. The SMILES string of the molecule is c1ccc2c(-c3cn4cccnc4n3)c3ccccc3c(-c3ccc4c(c3)c3ccccc3c3cccc5ccc6cccc4c6c53)c2c1. The van der Waals surface area contributed by atoms with Crippen molar-refractivity contribution in [1.29, 1.82) is 0 Å². The maximum absolute atomic E-state index is 4.99. The topological polar surface area (TPSA) is 30.2 Å². The fraction of sp³-hybridized carbons (Fsp3) is 0. The first kappa shape index (κ1) is 26.5. The molecule has 9 aromatic carbocycles. The average Bonchev–Trinajstić information content (AvgIpc) is 3.59. The molecule has 226 valence electrons. The van der Waals surface area contributed by atoms with Crippen molar-refractivity contribution >= 4 is 81.2 Å². The molecule has 0 aliphatic heterocycles. The molecule has 0 aliphatic carbocycles. The molecule has 2 aromatic heterocycles. The van der Waals surface area contributed by atoms with E-state index in [0.29, 0.717) is 5.78 Å². The van der Waals surface area contributed by atoms with Crippen LogP contribution in [0.15, 0.2) is 164 Å². The molecule has 11 aromatic rings. The first-order chi connectivity index (χ1) is 24.3. The van der Waals surface area contributed by atoms with E-state index in [1.165, 1.54) is 86.5 Å². The van der Waals surface area contributed by atoms with Crippen LogP contribution >= 0.6 is 0 Å². The van der Waals surface area contributed by atoms with Gasteiger partial charge in [0, 0.05) is 24.2 Å². The van der Waals surface area contributed by atoms with Crippen LogP contribution in [0, 0.1) is 0 Å². The summed E-state index contributed by atoms with van der Waals surface area (Å²) < 4.78 is 2.00. The molecule has 0 bridgehead atoms. The van der Waals surface area contributed by atoms with Crippen LogP contribution in [0.2, 0.25) is 0 Å². The third-order valence-electron chi connectivity index (χ3n) is 10.4. The lowest BCUT2D eigenvalue weighted by Gasteiger charge is -2.18. The highest BCUT2D eigenvalue weighted by molar-refractivity contribution is 6.33. The smallest absolute Gasteiger partial charge is 0.234 e. The molecule has 49 heavy (non-hydrogen) atoms. The Morgan fingerprint density at radius 1 is 0.408 bits per heavy atom. The Morgan fingerprint density at radius 3 is 1.55 bits per heavy atom. The molecule has 0 unspecified atom stereocenters. The molecule has 11 rings (SSSR count). The van der Waals surface area contributed by atoms with Gasteiger partial charge in [0.25, 0.3) is 0 Å². The van der Waals surface area contributed by atoms with E-state index >= 15 is 0 Å². The maximum atomic E-state index is 4.99. The average molecular weight is 622 g/mol. The molecule has 0 radical (unpaired) electrons. The quantitative estimate of drug-likeness (QED) is 0.142. The van der Waals surface area contributed by atoms with Gasteiger partial charge in [0.2, 0.25) is 5.78 Å². The molecule has 0 aliphatic rings. The molecule has 0 saturated carbocycles. The van der Waals surface area contributed by atoms with Crippen LogP contribution in [-0.4, -0.2) is 14.4 Å². The fourth-order valence-corrected chi connectivity index (χ4v) is 8.38. The van der Waals surface area contributed by atoms with E-state index < -0.39 is 0 Å². The first-order valence-electron chi connectivity index (χ1n) is 16.7. The minimum atomic E-state index is 0.697. The van der Waals surface area contributed by atoms with Crippen LogP contribution in [0.1, 0.15) is 0 Å². The van der Waals surface area contributed by atoms with Gasteiger partial charge in [-0.05, 0) is 98.7 Å². The molecule has 3 heteroatoms. The molecular formula is C46H27N3. The van der Waals surface area contributed by atoms with Crippen molar-refractivity contribution < 1.29 is 0 Å². The Hall–Kier alpha value is -6.58. The second-order valence-corrected chi connectivity index (χ2v) is 13.0. The van der Waals surface area contributed by atoms with Crippen molar-refractivity contribution in [2.75, 3.05) is 0 Å². The minimum absolute atomic E-state index is 0.697. The number of hydrogen-bond acceptors (Lipinski definition) is 2. The third kappa shape index (κ3) is 3.73. The summed E-state index contributed by atoms with van der Waals surface area (Å²) in [4.78, 5) is 9.51. The number of aromatic nitrogens is 3. The summed E-state index contributed by atoms with van der Waals surface area (Å²) in [5, 5.41) is 17.5. The number of fused-ring (bicyclic) bond motifs is 8. The van der Waals surface area contributed by atoms with Crippen molar-refractivity contribution in [3.8, 4) is 22.4 Å². The lowest BCUT2D eigenvalue weighted by molar-refractivity contribution is 1.11. The Balaban J connectivity index is 1.31. The summed E-state index contributed by atoms with van der Waals surface area (Å²) in [5.74, 6) is 0.697. The molecule has 0 amide bonds. The summed E-state index contributed by atoms with van der Waals surface area (Å²) in [6.07, 6.45) is 5.90. The summed E-state index contributed by atoms with van der Waals surface area (Å²) in [5.41, 5.74) is 4.49. The lowest BCUT2D eigenvalue weighted by Crippen LogP contribution is -1.91. The highest BCUT2D eigenvalue weighted by Gasteiger charge is 2.19. The van der Waals surface area contributed by atoms with Crippen LogP contribution in [0.3, 0.4) is 0 Å². The van der Waals surface area contributed by atoms with Gasteiger partial charge in [0.15, 0.2) is 0 Å². The van der Waals surface area contributed by atoms with E-state index in [2.05, 4.69) is 151 Å². The summed E-state index contributed by atoms with van der Waals surface area (Å²) in [7, 11) is 0. The minimum Gasteiger partial charge on any atom is -0.291 e. The predicted octanol–water partition coefficient (Wildman–Crippen LogP) is 12.1. The number of hydrogen-bond donors (Lipinski definition) is 0. The van der Waals surface area contributed by atoms with Gasteiger partial charge in [-0.25, -0.2) is 9.97 Å². The fourth-order valence-electron chi connectivity index (χ4n) is 8.38. The highest BCUT2D eigenvalue weighted by atomic mass is 15.1.